The van der Waals surface area contributed by atoms with Gasteiger partial charge < -0.3 is 20.0 Å². The second-order valence-corrected chi connectivity index (χ2v) is 5.50. The summed E-state index contributed by atoms with van der Waals surface area (Å²) in [5.74, 6) is 1.18. The number of rotatable bonds is 3. The van der Waals surface area contributed by atoms with Gasteiger partial charge in [0.1, 0.15) is 24.1 Å². The van der Waals surface area contributed by atoms with Crippen molar-refractivity contribution in [2.75, 3.05) is 12.5 Å². The summed E-state index contributed by atoms with van der Waals surface area (Å²) in [6.07, 6.45) is -1.07. The van der Waals surface area contributed by atoms with Crippen LogP contribution in [-0.4, -0.2) is 29.7 Å². The number of fused-ring (bicyclic) bond motifs is 2. The summed E-state index contributed by atoms with van der Waals surface area (Å²) in [7, 11) is 0. The lowest BCUT2D eigenvalue weighted by Crippen LogP contribution is -2.42. The first-order chi connectivity index (χ1) is 12.1. The Hall–Kier alpha value is -2.93. The summed E-state index contributed by atoms with van der Waals surface area (Å²) in [6, 6.07) is 12.5. The molecule has 0 atom stereocenters. The first-order valence-electron chi connectivity index (χ1n) is 7.47. The Balaban J connectivity index is 2.00. The molecule has 0 unspecified atom stereocenters. The van der Waals surface area contributed by atoms with Crippen LogP contribution >= 0.6 is 11.6 Å². The van der Waals surface area contributed by atoms with Crippen molar-refractivity contribution in [3.63, 3.8) is 0 Å². The summed E-state index contributed by atoms with van der Waals surface area (Å²) >= 11 is 5.47. The van der Waals surface area contributed by atoms with Gasteiger partial charge in [0, 0.05) is 11.1 Å². The van der Waals surface area contributed by atoms with E-state index in [9.17, 15) is 9.59 Å². The van der Waals surface area contributed by atoms with Crippen molar-refractivity contribution in [1.29, 1.82) is 0 Å². The molecule has 0 saturated carbocycles. The number of hydrogen-bond donors (Lipinski definition) is 1. The molecular formula is C17H15ClN2O5. The molecule has 2 aromatic rings. The molecule has 8 heteroatoms. The minimum Gasteiger partial charge on any atom is -0.457 e. The molecule has 130 valence electrons. The number of benzene rings is 2. The van der Waals surface area contributed by atoms with E-state index in [1.54, 1.807) is 48.5 Å². The van der Waals surface area contributed by atoms with Crippen LogP contribution in [0.1, 0.15) is 17.2 Å². The molecule has 1 aliphatic rings. The van der Waals surface area contributed by atoms with Gasteiger partial charge in [-0.3, -0.25) is 0 Å². The van der Waals surface area contributed by atoms with Gasteiger partial charge in [0.05, 0.1) is 5.88 Å². The van der Waals surface area contributed by atoms with Crippen LogP contribution in [0, 0.1) is 0 Å². The summed E-state index contributed by atoms with van der Waals surface area (Å²) in [5, 5.41) is 0.775. The van der Waals surface area contributed by atoms with E-state index >= 15 is 0 Å². The normalized spacial score (nSPS) is 12.4. The Bertz CT molecular complexity index is 753. The highest BCUT2D eigenvalue weighted by Gasteiger charge is 2.36. The third kappa shape index (κ3) is 3.46. The second kappa shape index (κ2) is 7.31. The number of para-hydroxylation sites is 2. The number of nitrogens with two attached hydrogens (primary N) is 1. The van der Waals surface area contributed by atoms with Crippen molar-refractivity contribution >= 4 is 23.8 Å². The minimum absolute atomic E-state index is 0.0477. The Morgan fingerprint density at radius 3 is 2.16 bits per heavy atom. The maximum absolute atomic E-state index is 12.0. The molecule has 2 N–H and O–H groups in total. The minimum atomic E-state index is -1.07. The van der Waals surface area contributed by atoms with Crippen LogP contribution in [0.5, 0.6) is 11.5 Å². The number of amides is 2. The predicted octanol–water partition coefficient (Wildman–Crippen LogP) is 3.57. The first kappa shape index (κ1) is 16.9. The molecule has 0 radical (unpaired) electrons. The van der Waals surface area contributed by atoms with Crippen LogP contribution in [0.4, 0.5) is 9.59 Å². The Labute approximate surface area is 148 Å². The lowest BCUT2D eigenvalue weighted by molar-refractivity contribution is -0.107. The highest BCUT2D eigenvalue weighted by molar-refractivity contribution is 6.18. The number of primary amides is 1. The Morgan fingerprint density at radius 1 is 1.08 bits per heavy atom. The molecule has 1 heterocycles. The van der Waals surface area contributed by atoms with Crippen molar-refractivity contribution in [3.05, 3.63) is 59.7 Å². The smallest absolute Gasteiger partial charge is 0.457 e. The van der Waals surface area contributed by atoms with Crippen LogP contribution in [0.15, 0.2) is 48.5 Å². The molecule has 1 aliphatic heterocycles. The Kier molecular flexibility index (Phi) is 4.95. The Morgan fingerprint density at radius 2 is 1.64 bits per heavy atom. The molecule has 25 heavy (non-hydrogen) atoms. The summed E-state index contributed by atoms with van der Waals surface area (Å²) in [4.78, 5) is 28.8. The average Bonchev–Trinajstić information content (AvgIpc) is 2.62. The van der Waals surface area contributed by atoms with Gasteiger partial charge in [-0.2, -0.15) is 0 Å². The topological polar surface area (TPSA) is 91.1 Å². The maximum Gasteiger partial charge on any atom is 0.533 e. The van der Waals surface area contributed by atoms with E-state index in [1.807, 2.05) is 0 Å². The molecule has 3 rings (SSSR count). The van der Waals surface area contributed by atoms with Crippen molar-refractivity contribution in [2.45, 2.75) is 6.04 Å². The van der Waals surface area contributed by atoms with E-state index in [-0.39, 0.29) is 12.5 Å². The fraction of sp³-hybridized carbons (Fsp3) is 0.176. The molecule has 0 spiro atoms. The van der Waals surface area contributed by atoms with E-state index in [1.165, 1.54) is 0 Å². The zero-order valence-corrected chi connectivity index (χ0v) is 13.8. The first-order valence-corrected chi connectivity index (χ1v) is 8.00. The van der Waals surface area contributed by atoms with Gasteiger partial charge in [-0.15, -0.1) is 16.7 Å². The van der Waals surface area contributed by atoms with Gasteiger partial charge in [-0.1, -0.05) is 36.4 Å². The average molecular weight is 363 g/mol. The zero-order valence-electron chi connectivity index (χ0n) is 13.1. The number of carbonyl (C=O) groups is 2. The van der Waals surface area contributed by atoms with Gasteiger partial charge in [-0.25, -0.2) is 9.59 Å². The summed E-state index contributed by atoms with van der Waals surface area (Å²) < 4.78 is 10.6. The molecule has 2 aromatic carbocycles. The SMILES string of the molecule is NC(=O)N(OC(=O)OCCCl)C1c2ccccc2Oc2ccccc21. The zero-order chi connectivity index (χ0) is 17.8. The molecule has 0 aliphatic carbocycles. The van der Waals surface area contributed by atoms with Crippen LogP contribution < -0.4 is 10.5 Å². The standard InChI is InChI=1S/C17H15ClN2O5/c18-9-10-23-17(22)25-20(16(19)21)15-11-5-1-3-7-13(11)24-14-8-4-2-6-12(14)15/h1-8,15H,9-10H2,(H2,19,21). The van der Waals surface area contributed by atoms with Crippen molar-refractivity contribution < 1.29 is 23.9 Å². The van der Waals surface area contributed by atoms with Gasteiger partial charge >= 0.3 is 12.2 Å². The van der Waals surface area contributed by atoms with Crippen LogP contribution in [-0.2, 0) is 9.57 Å². The van der Waals surface area contributed by atoms with E-state index in [4.69, 9.17) is 31.6 Å². The third-order valence-electron chi connectivity index (χ3n) is 3.57. The van der Waals surface area contributed by atoms with Gasteiger partial charge in [-0.05, 0) is 12.1 Å². The van der Waals surface area contributed by atoms with Crippen LogP contribution in [0.2, 0.25) is 0 Å². The molecule has 2 amide bonds. The number of carbonyl (C=O) groups excluding carboxylic acids is 2. The van der Waals surface area contributed by atoms with E-state index in [2.05, 4.69) is 0 Å². The van der Waals surface area contributed by atoms with Gasteiger partial charge in [0.25, 0.3) is 0 Å². The quantitative estimate of drug-likeness (QED) is 0.512. The van der Waals surface area contributed by atoms with Gasteiger partial charge in [0.2, 0.25) is 0 Å². The number of nitrogens with zero attached hydrogens (tertiary/aromatic N) is 1. The van der Waals surface area contributed by atoms with Crippen LogP contribution in [0.3, 0.4) is 0 Å². The monoisotopic (exact) mass is 362 g/mol. The largest absolute Gasteiger partial charge is 0.533 e. The van der Waals surface area contributed by atoms with Crippen molar-refractivity contribution in [3.8, 4) is 11.5 Å². The molecule has 0 fully saturated rings. The second-order valence-electron chi connectivity index (χ2n) is 5.12. The van der Waals surface area contributed by atoms with E-state index in [0.717, 1.165) is 5.06 Å². The number of alkyl halides is 1. The molecule has 7 nitrogen and oxygen atoms in total. The highest BCUT2D eigenvalue weighted by atomic mass is 35.5. The number of hydrogen-bond acceptors (Lipinski definition) is 5. The predicted molar refractivity (Wildman–Crippen MR) is 89.4 cm³/mol. The number of hydroxylamine groups is 2. The fourth-order valence-corrected chi connectivity index (χ4v) is 2.67. The number of urea groups is 1. The number of ether oxygens (including phenoxy) is 2. The number of halogens is 1. The lowest BCUT2D eigenvalue weighted by atomic mass is 9.94. The summed E-state index contributed by atoms with van der Waals surface area (Å²) in [5.41, 5.74) is 6.71. The third-order valence-corrected chi connectivity index (χ3v) is 3.72. The van der Waals surface area contributed by atoms with E-state index < -0.39 is 18.2 Å². The van der Waals surface area contributed by atoms with Crippen LogP contribution in [0.25, 0.3) is 0 Å². The molecule has 0 saturated heterocycles. The fourth-order valence-electron chi connectivity index (χ4n) is 2.59. The molecule has 0 bridgehead atoms. The lowest BCUT2D eigenvalue weighted by Gasteiger charge is -2.33. The highest BCUT2D eigenvalue weighted by Crippen LogP contribution is 2.45. The maximum atomic E-state index is 12.0. The molecule has 0 aromatic heterocycles. The molecular weight excluding hydrogens is 348 g/mol. The van der Waals surface area contributed by atoms with Crippen molar-refractivity contribution in [1.82, 2.24) is 5.06 Å². The van der Waals surface area contributed by atoms with Gasteiger partial charge in [0.15, 0.2) is 0 Å². The summed E-state index contributed by atoms with van der Waals surface area (Å²) in [6.45, 7) is -0.0477. The van der Waals surface area contributed by atoms with Crippen molar-refractivity contribution in [2.24, 2.45) is 5.73 Å². The van der Waals surface area contributed by atoms with E-state index in [0.29, 0.717) is 22.6 Å².